The third-order valence-corrected chi connectivity index (χ3v) is 5.95. The molecule has 2 N–H and O–H groups in total. The van der Waals surface area contributed by atoms with Gasteiger partial charge in [-0.3, -0.25) is 4.72 Å². The van der Waals surface area contributed by atoms with Crippen LogP contribution >= 0.6 is 11.6 Å². The van der Waals surface area contributed by atoms with Crippen LogP contribution in [0, 0.1) is 5.82 Å². The van der Waals surface area contributed by atoms with Gasteiger partial charge in [0.25, 0.3) is 10.0 Å². The van der Waals surface area contributed by atoms with E-state index in [0.29, 0.717) is 0 Å². The van der Waals surface area contributed by atoms with E-state index >= 15 is 0 Å². The first kappa shape index (κ1) is 17.7. The van der Waals surface area contributed by atoms with E-state index in [4.69, 9.17) is 11.6 Å². The van der Waals surface area contributed by atoms with Crippen LogP contribution < -0.4 is 9.44 Å². The van der Waals surface area contributed by atoms with Crippen molar-refractivity contribution in [3.63, 3.8) is 0 Å². The summed E-state index contributed by atoms with van der Waals surface area (Å²) in [5.74, 6) is -0.684. The van der Waals surface area contributed by atoms with Crippen LogP contribution in [0.4, 0.5) is 10.1 Å². The lowest BCUT2D eigenvalue weighted by Crippen LogP contribution is -2.19. The zero-order valence-electron chi connectivity index (χ0n) is 11.7. The second kappa shape index (κ2) is 6.44. The summed E-state index contributed by atoms with van der Waals surface area (Å²) in [5, 5.41) is -0.239. The third-order valence-electron chi connectivity index (χ3n) is 2.87. The van der Waals surface area contributed by atoms with Crippen molar-refractivity contribution in [1.29, 1.82) is 0 Å². The molecule has 0 amide bonds. The van der Waals surface area contributed by atoms with Crippen LogP contribution in [0.25, 0.3) is 0 Å². The highest BCUT2D eigenvalue weighted by Gasteiger charge is 2.19. The standard InChI is InChI=1S/C13H12ClFN2O4S2/c1-16-22(18,19)10-3-2-4-11(8-10)23(20,21)17-9-5-6-13(15)12(14)7-9/h2-8,16-17H,1H3. The predicted octanol–water partition coefficient (Wildman–Crippen LogP) is 2.19. The summed E-state index contributed by atoms with van der Waals surface area (Å²) < 4.78 is 65.5. The van der Waals surface area contributed by atoms with Gasteiger partial charge in [0.2, 0.25) is 10.0 Å². The monoisotopic (exact) mass is 378 g/mol. The molecule has 0 aliphatic carbocycles. The van der Waals surface area contributed by atoms with Crippen molar-refractivity contribution >= 4 is 37.3 Å². The lowest BCUT2D eigenvalue weighted by molar-refractivity contribution is 0.588. The van der Waals surface area contributed by atoms with Crippen molar-refractivity contribution in [3.8, 4) is 0 Å². The van der Waals surface area contributed by atoms with E-state index in [0.717, 1.165) is 18.2 Å². The Hall–Kier alpha value is -1.68. The summed E-state index contributed by atoms with van der Waals surface area (Å²) in [5.41, 5.74) is 0.0540. The normalized spacial score (nSPS) is 12.1. The number of rotatable bonds is 5. The van der Waals surface area contributed by atoms with Crippen LogP contribution in [-0.4, -0.2) is 23.9 Å². The molecule has 0 aliphatic heterocycles. The fourth-order valence-electron chi connectivity index (χ4n) is 1.70. The van der Waals surface area contributed by atoms with E-state index in [2.05, 4.69) is 9.44 Å². The van der Waals surface area contributed by atoms with Gasteiger partial charge in [0.15, 0.2) is 0 Å². The summed E-state index contributed by atoms with van der Waals surface area (Å²) >= 11 is 5.60. The van der Waals surface area contributed by atoms with Crippen molar-refractivity contribution in [2.24, 2.45) is 0 Å². The summed E-state index contributed by atoms with van der Waals surface area (Å²) in [4.78, 5) is -0.450. The molecule has 0 aliphatic rings. The summed E-state index contributed by atoms with van der Waals surface area (Å²) in [7, 11) is -6.62. The SMILES string of the molecule is CNS(=O)(=O)c1cccc(S(=O)(=O)Nc2ccc(F)c(Cl)c2)c1. The number of anilines is 1. The molecule has 0 saturated heterocycles. The van der Waals surface area contributed by atoms with Gasteiger partial charge in [-0.1, -0.05) is 17.7 Å². The molecule has 0 radical (unpaired) electrons. The predicted molar refractivity (Wildman–Crippen MR) is 84.9 cm³/mol. The number of sulfonamides is 2. The minimum absolute atomic E-state index is 0.0540. The lowest BCUT2D eigenvalue weighted by atomic mass is 10.3. The highest BCUT2D eigenvalue weighted by atomic mass is 35.5. The zero-order valence-corrected chi connectivity index (χ0v) is 14.1. The Morgan fingerprint density at radius 3 is 2.13 bits per heavy atom. The van der Waals surface area contributed by atoms with E-state index in [1.165, 1.54) is 31.3 Å². The maximum atomic E-state index is 13.1. The Bertz CT molecular complexity index is 946. The van der Waals surface area contributed by atoms with Crippen molar-refractivity contribution in [1.82, 2.24) is 4.72 Å². The van der Waals surface area contributed by atoms with E-state index in [1.807, 2.05) is 0 Å². The Labute approximate surface area is 138 Å². The van der Waals surface area contributed by atoms with Gasteiger partial charge < -0.3 is 0 Å². The van der Waals surface area contributed by atoms with Gasteiger partial charge in [-0.25, -0.2) is 25.9 Å². The van der Waals surface area contributed by atoms with E-state index in [9.17, 15) is 21.2 Å². The van der Waals surface area contributed by atoms with E-state index in [-0.39, 0.29) is 20.5 Å². The average molecular weight is 379 g/mol. The second-order valence-corrected chi connectivity index (χ2v) is 8.39. The molecule has 124 valence electrons. The number of hydrogen-bond acceptors (Lipinski definition) is 4. The summed E-state index contributed by atoms with van der Waals surface area (Å²) in [6, 6.07) is 8.15. The molecule has 0 aromatic heterocycles. The minimum atomic E-state index is -4.06. The van der Waals surface area contributed by atoms with Crippen molar-refractivity contribution in [3.05, 3.63) is 53.3 Å². The fourth-order valence-corrected chi connectivity index (χ4v) is 3.83. The molecule has 2 aromatic carbocycles. The van der Waals surface area contributed by atoms with Gasteiger partial charge in [-0.15, -0.1) is 0 Å². The molecule has 10 heteroatoms. The molecule has 6 nitrogen and oxygen atoms in total. The number of halogens is 2. The Balaban J connectivity index is 2.40. The zero-order chi connectivity index (χ0) is 17.3. The first-order valence-corrected chi connectivity index (χ1v) is 9.51. The van der Waals surface area contributed by atoms with Crippen LogP contribution in [0.15, 0.2) is 52.3 Å². The molecule has 23 heavy (non-hydrogen) atoms. The van der Waals surface area contributed by atoms with E-state index < -0.39 is 25.9 Å². The van der Waals surface area contributed by atoms with Gasteiger partial charge in [0.1, 0.15) is 5.82 Å². The number of hydrogen-bond donors (Lipinski definition) is 2. The topological polar surface area (TPSA) is 92.3 Å². The Morgan fingerprint density at radius 2 is 1.57 bits per heavy atom. The van der Waals surface area contributed by atoms with Gasteiger partial charge in [-0.2, -0.15) is 0 Å². The number of nitrogens with one attached hydrogen (secondary N) is 2. The van der Waals surface area contributed by atoms with Crippen LogP contribution in [0.1, 0.15) is 0 Å². The van der Waals surface area contributed by atoms with Crippen molar-refractivity contribution in [2.45, 2.75) is 9.79 Å². The van der Waals surface area contributed by atoms with Gasteiger partial charge in [0.05, 0.1) is 20.5 Å². The molecule has 0 atom stereocenters. The maximum Gasteiger partial charge on any atom is 0.261 e. The summed E-state index contributed by atoms with van der Waals surface area (Å²) in [6.45, 7) is 0. The second-order valence-electron chi connectivity index (χ2n) is 4.42. The Kier molecular flexibility index (Phi) is 4.95. The molecule has 2 aromatic rings. The van der Waals surface area contributed by atoms with Gasteiger partial charge in [0, 0.05) is 0 Å². The van der Waals surface area contributed by atoms with Gasteiger partial charge >= 0.3 is 0 Å². The van der Waals surface area contributed by atoms with Crippen LogP contribution in [0.3, 0.4) is 0 Å². The van der Waals surface area contributed by atoms with Crippen LogP contribution in [0.2, 0.25) is 5.02 Å². The number of benzene rings is 2. The fraction of sp³-hybridized carbons (Fsp3) is 0.0769. The van der Waals surface area contributed by atoms with Gasteiger partial charge in [-0.05, 0) is 43.4 Å². The maximum absolute atomic E-state index is 13.1. The van der Waals surface area contributed by atoms with E-state index in [1.54, 1.807) is 0 Å². The highest BCUT2D eigenvalue weighted by Crippen LogP contribution is 2.23. The Morgan fingerprint density at radius 1 is 0.957 bits per heavy atom. The first-order chi connectivity index (χ1) is 10.7. The van der Waals surface area contributed by atoms with Crippen LogP contribution in [0.5, 0.6) is 0 Å². The minimum Gasteiger partial charge on any atom is -0.280 e. The first-order valence-electron chi connectivity index (χ1n) is 6.17. The molecule has 0 fully saturated rings. The molecule has 0 saturated carbocycles. The largest absolute Gasteiger partial charge is 0.280 e. The third kappa shape index (κ3) is 3.99. The molecule has 2 rings (SSSR count). The molecule has 0 bridgehead atoms. The van der Waals surface area contributed by atoms with Crippen molar-refractivity contribution in [2.75, 3.05) is 11.8 Å². The van der Waals surface area contributed by atoms with Crippen LogP contribution in [-0.2, 0) is 20.0 Å². The molecule has 0 spiro atoms. The quantitative estimate of drug-likeness (QED) is 0.834. The molecule has 0 heterocycles. The molecular formula is C13H12ClFN2O4S2. The highest BCUT2D eigenvalue weighted by molar-refractivity contribution is 7.93. The van der Waals surface area contributed by atoms with Crippen molar-refractivity contribution < 1.29 is 21.2 Å². The summed E-state index contributed by atoms with van der Waals surface area (Å²) in [6.07, 6.45) is 0. The molecule has 0 unspecified atom stereocenters. The molecular weight excluding hydrogens is 367 g/mol. The lowest BCUT2D eigenvalue weighted by Gasteiger charge is -2.10. The average Bonchev–Trinajstić information content (AvgIpc) is 2.51. The smallest absolute Gasteiger partial charge is 0.261 e.